The number of rotatable bonds is 6. The molecule has 5 nitrogen and oxygen atoms in total. The SMILES string of the molecule is CCOc1ccccc1N1CCN(CC(=O)Nc2ccc(F)c(F)c2F)CC1. The van der Waals surface area contributed by atoms with E-state index in [4.69, 9.17) is 4.74 Å². The third-order valence-corrected chi connectivity index (χ3v) is 4.55. The van der Waals surface area contributed by atoms with Crippen LogP contribution in [0.5, 0.6) is 5.75 Å². The van der Waals surface area contributed by atoms with Crippen molar-refractivity contribution in [2.24, 2.45) is 0 Å². The number of hydrogen-bond donors (Lipinski definition) is 1. The molecule has 0 saturated carbocycles. The molecule has 150 valence electrons. The Labute approximate surface area is 161 Å². The molecule has 2 aromatic carbocycles. The van der Waals surface area contributed by atoms with Gasteiger partial charge in [-0.15, -0.1) is 0 Å². The maximum absolute atomic E-state index is 13.7. The van der Waals surface area contributed by atoms with E-state index >= 15 is 0 Å². The summed E-state index contributed by atoms with van der Waals surface area (Å²) >= 11 is 0. The maximum Gasteiger partial charge on any atom is 0.238 e. The van der Waals surface area contributed by atoms with Gasteiger partial charge < -0.3 is 15.0 Å². The normalized spacial score (nSPS) is 14.8. The lowest BCUT2D eigenvalue weighted by Crippen LogP contribution is -2.48. The Bertz CT molecular complexity index is 839. The van der Waals surface area contributed by atoms with Crippen molar-refractivity contribution in [2.45, 2.75) is 6.92 Å². The molecule has 1 aliphatic heterocycles. The van der Waals surface area contributed by atoms with Crippen molar-refractivity contribution >= 4 is 17.3 Å². The third kappa shape index (κ3) is 4.56. The first kappa shape index (κ1) is 20.0. The number of carbonyl (C=O) groups is 1. The molecule has 1 amide bonds. The van der Waals surface area contributed by atoms with Crippen LogP contribution >= 0.6 is 0 Å². The van der Waals surface area contributed by atoms with Crippen molar-refractivity contribution in [2.75, 3.05) is 49.5 Å². The van der Waals surface area contributed by atoms with Gasteiger partial charge in [-0.05, 0) is 31.2 Å². The zero-order valence-electron chi connectivity index (χ0n) is 15.6. The van der Waals surface area contributed by atoms with Gasteiger partial charge in [-0.25, -0.2) is 13.2 Å². The largest absolute Gasteiger partial charge is 0.492 e. The summed E-state index contributed by atoms with van der Waals surface area (Å²) in [6, 6.07) is 9.59. The minimum absolute atomic E-state index is 0.0411. The van der Waals surface area contributed by atoms with Crippen LogP contribution in [0.3, 0.4) is 0 Å². The average molecular weight is 393 g/mol. The first-order valence-corrected chi connectivity index (χ1v) is 9.12. The fourth-order valence-corrected chi connectivity index (χ4v) is 3.16. The number of nitrogens with zero attached hydrogens (tertiary/aromatic N) is 2. The number of halogens is 3. The van der Waals surface area contributed by atoms with Crippen LogP contribution in [0.1, 0.15) is 6.92 Å². The molecule has 1 aliphatic rings. The standard InChI is InChI=1S/C20H22F3N3O2/c1-2-28-17-6-4-3-5-16(17)26-11-9-25(10-12-26)13-18(27)24-15-8-7-14(21)19(22)20(15)23/h3-8H,2,9-13H2,1H3,(H,24,27). The smallest absolute Gasteiger partial charge is 0.238 e. The van der Waals surface area contributed by atoms with Crippen LogP contribution in [0.4, 0.5) is 24.5 Å². The molecule has 2 aromatic rings. The first-order valence-electron chi connectivity index (χ1n) is 9.12. The first-order chi connectivity index (χ1) is 13.5. The van der Waals surface area contributed by atoms with E-state index < -0.39 is 23.4 Å². The highest BCUT2D eigenvalue weighted by molar-refractivity contribution is 5.92. The quantitative estimate of drug-likeness (QED) is 0.766. The molecule has 0 unspecified atom stereocenters. The van der Waals surface area contributed by atoms with Crippen LogP contribution in [0, 0.1) is 17.5 Å². The number of para-hydroxylation sites is 2. The van der Waals surface area contributed by atoms with Gasteiger partial charge in [0.25, 0.3) is 0 Å². The van der Waals surface area contributed by atoms with Gasteiger partial charge in [0.2, 0.25) is 5.91 Å². The van der Waals surface area contributed by atoms with E-state index in [2.05, 4.69) is 10.2 Å². The Balaban J connectivity index is 1.55. The van der Waals surface area contributed by atoms with Crippen molar-refractivity contribution in [1.82, 2.24) is 4.90 Å². The van der Waals surface area contributed by atoms with Crippen molar-refractivity contribution < 1.29 is 22.7 Å². The number of hydrogen-bond acceptors (Lipinski definition) is 4. The average Bonchev–Trinajstić information content (AvgIpc) is 2.70. The minimum Gasteiger partial charge on any atom is -0.492 e. The summed E-state index contributed by atoms with van der Waals surface area (Å²) in [4.78, 5) is 16.3. The van der Waals surface area contributed by atoms with E-state index in [1.165, 1.54) is 0 Å². The van der Waals surface area contributed by atoms with Crippen LogP contribution < -0.4 is 15.0 Å². The van der Waals surface area contributed by atoms with Crippen molar-refractivity contribution in [1.29, 1.82) is 0 Å². The molecular formula is C20H22F3N3O2. The highest BCUT2D eigenvalue weighted by atomic mass is 19.2. The Morgan fingerprint density at radius 2 is 1.75 bits per heavy atom. The van der Waals surface area contributed by atoms with Crippen LogP contribution in [0.25, 0.3) is 0 Å². The minimum atomic E-state index is -1.60. The van der Waals surface area contributed by atoms with Gasteiger partial charge >= 0.3 is 0 Å². The van der Waals surface area contributed by atoms with Crippen molar-refractivity contribution in [3.05, 3.63) is 53.8 Å². The highest BCUT2D eigenvalue weighted by Crippen LogP contribution is 2.28. The van der Waals surface area contributed by atoms with Gasteiger partial charge in [-0.2, -0.15) is 0 Å². The number of anilines is 2. The summed E-state index contributed by atoms with van der Waals surface area (Å²) in [5.74, 6) is -3.94. The summed E-state index contributed by atoms with van der Waals surface area (Å²) in [6.45, 7) is 5.23. The van der Waals surface area contributed by atoms with Crippen molar-refractivity contribution in [3.8, 4) is 5.75 Å². The second-order valence-electron chi connectivity index (χ2n) is 6.44. The molecular weight excluding hydrogens is 371 g/mol. The van der Waals surface area contributed by atoms with Gasteiger partial charge in [0.05, 0.1) is 24.5 Å². The topological polar surface area (TPSA) is 44.8 Å². The maximum atomic E-state index is 13.7. The van der Waals surface area contributed by atoms with Crippen LogP contribution in [-0.2, 0) is 4.79 Å². The Hall–Kier alpha value is -2.74. The van der Waals surface area contributed by atoms with Gasteiger partial charge in [0, 0.05) is 26.2 Å². The molecule has 28 heavy (non-hydrogen) atoms. The van der Waals surface area contributed by atoms with E-state index in [9.17, 15) is 18.0 Å². The molecule has 1 saturated heterocycles. The Kier molecular flexibility index (Phi) is 6.41. The second-order valence-corrected chi connectivity index (χ2v) is 6.44. The molecule has 3 rings (SSSR count). The summed E-state index contributed by atoms with van der Waals surface area (Å²) in [5.41, 5.74) is 0.644. The zero-order chi connectivity index (χ0) is 20.1. The van der Waals surface area contributed by atoms with Gasteiger partial charge in [0.1, 0.15) is 5.75 Å². The molecule has 8 heteroatoms. The molecule has 0 aromatic heterocycles. The van der Waals surface area contributed by atoms with Crippen LogP contribution in [-0.4, -0.2) is 50.1 Å². The van der Waals surface area contributed by atoms with Gasteiger partial charge in [-0.3, -0.25) is 9.69 Å². The number of amides is 1. The Morgan fingerprint density at radius 3 is 2.46 bits per heavy atom. The van der Waals surface area contributed by atoms with E-state index in [-0.39, 0.29) is 12.2 Å². The number of nitrogens with one attached hydrogen (secondary N) is 1. The molecule has 0 atom stereocenters. The van der Waals surface area contributed by atoms with Gasteiger partial charge in [0.15, 0.2) is 17.5 Å². The summed E-state index contributed by atoms with van der Waals surface area (Å²) < 4.78 is 45.6. The molecule has 0 bridgehead atoms. The van der Waals surface area contributed by atoms with Crippen LogP contribution in [0.15, 0.2) is 36.4 Å². The van der Waals surface area contributed by atoms with E-state index in [1.54, 1.807) is 0 Å². The van der Waals surface area contributed by atoms with E-state index in [1.807, 2.05) is 36.1 Å². The zero-order valence-corrected chi connectivity index (χ0v) is 15.6. The lowest BCUT2D eigenvalue weighted by molar-refractivity contribution is -0.117. The number of piperazine rings is 1. The van der Waals surface area contributed by atoms with Gasteiger partial charge in [-0.1, -0.05) is 12.1 Å². The third-order valence-electron chi connectivity index (χ3n) is 4.55. The molecule has 0 radical (unpaired) electrons. The molecule has 1 fully saturated rings. The molecule has 1 N–H and O–H groups in total. The molecule has 0 aliphatic carbocycles. The predicted molar refractivity (Wildman–Crippen MR) is 101 cm³/mol. The lowest BCUT2D eigenvalue weighted by atomic mass is 10.2. The summed E-state index contributed by atoms with van der Waals surface area (Å²) in [5, 5.41) is 2.30. The fourth-order valence-electron chi connectivity index (χ4n) is 3.16. The summed E-state index contributed by atoms with van der Waals surface area (Å²) in [6.07, 6.45) is 0. The monoisotopic (exact) mass is 393 g/mol. The molecule has 1 heterocycles. The predicted octanol–water partition coefficient (Wildman–Crippen LogP) is 3.26. The molecule has 0 spiro atoms. The van der Waals surface area contributed by atoms with Crippen molar-refractivity contribution in [3.63, 3.8) is 0 Å². The highest BCUT2D eigenvalue weighted by Gasteiger charge is 2.22. The lowest BCUT2D eigenvalue weighted by Gasteiger charge is -2.36. The van der Waals surface area contributed by atoms with E-state index in [0.29, 0.717) is 32.8 Å². The van der Waals surface area contributed by atoms with E-state index in [0.717, 1.165) is 23.6 Å². The Morgan fingerprint density at radius 1 is 1.04 bits per heavy atom. The number of carbonyl (C=O) groups excluding carboxylic acids is 1. The van der Waals surface area contributed by atoms with Crippen LogP contribution in [0.2, 0.25) is 0 Å². The fraction of sp³-hybridized carbons (Fsp3) is 0.350. The second kappa shape index (κ2) is 8.97. The summed E-state index contributed by atoms with van der Waals surface area (Å²) in [7, 11) is 0. The number of ether oxygens (including phenoxy) is 1. The number of benzene rings is 2.